The molecule has 26 heavy (non-hydrogen) atoms. The lowest BCUT2D eigenvalue weighted by molar-refractivity contribution is -0.115. The molecule has 8 heteroatoms. The van der Waals surface area contributed by atoms with Gasteiger partial charge >= 0.3 is 0 Å². The first-order valence-corrected chi connectivity index (χ1v) is 10.5. The van der Waals surface area contributed by atoms with E-state index in [1.807, 2.05) is 23.6 Å². The average molecular weight is 387 g/mol. The average Bonchev–Trinajstić information content (AvgIpc) is 3.11. The molecule has 3 aromatic rings. The number of rotatable bonds is 6. The molecular formula is C18H17N3O3S2. The number of sulfone groups is 1. The van der Waals surface area contributed by atoms with Gasteiger partial charge in [-0.3, -0.25) is 9.78 Å². The summed E-state index contributed by atoms with van der Waals surface area (Å²) in [5, 5.41) is 5.35. The van der Waals surface area contributed by atoms with Gasteiger partial charge in [-0.2, -0.15) is 0 Å². The summed E-state index contributed by atoms with van der Waals surface area (Å²) in [7, 11) is -3.24. The van der Waals surface area contributed by atoms with E-state index in [9.17, 15) is 13.2 Å². The molecule has 134 valence electrons. The molecule has 0 fully saturated rings. The molecule has 0 saturated heterocycles. The highest BCUT2D eigenvalue weighted by Gasteiger charge is 2.12. The Morgan fingerprint density at radius 3 is 2.58 bits per heavy atom. The van der Waals surface area contributed by atoms with E-state index in [0.29, 0.717) is 11.4 Å². The predicted octanol–water partition coefficient (Wildman–Crippen LogP) is 3.18. The van der Waals surface area contributed by atoms with Crippen LogP contribution in [-0.2, 0) is 21.1 Å². The Hall–Kier alpha value is -2.58. The van der Waals surface area contributed by atoms with E-state index in [2.05, 4.69) is 15.3 Å². The Labute approximate surface area is 155 Å². The van der Waals surface area contributed by atoms with Crippen molar-refractivity contribution in [2.45, 2.75) is 18.2 Å². The monoisotopic (exact) mass is 387 g/mol. The Balaban J connectivity index is 1.64. The molecule has 2 heterocycles. The molecule has 1 aromatic carbocycles. The minimum Gasteiger partial charge on any atom is -0.326 e. The lowest BCUT2D eigenvalue weighted by Crippen LogP contribution is -2.14. The highest BCUT2D eigenvalue weighted by Crippen LogP contribution is 2.22. The van der Waals surface area contributed by atoms with Gasteiger partial charge in [-0.1, -0.05) is 13.0 Å². The third kappa shape index (κ3) is 4.33. The number of thiazole rings is 1. The maximum absolute atomic E-state index is 12.2. The SMILES string of the molecule is CCS(=O)(=O)c1ccc(NC(=O)Cc2csc(-c3ccccn3)n2)cc1. The number of hydrogen-bond acceptors (Lipinski definition) is 6. The van der Waals surface area contributed by atoms with Crippen LogP contribution in [0.25, 0.3) is 10.7 Å². The Kier molecular flexibility index (Phi) is 5.43. The minimum absolute atomic E-state index is 0.0428. The largest absolute Gasteiger partial charge is 0.326 e. The number of amides is 1. The lowest BCUT2D eigenvalue weighted by atomic mass is 10.3. The first-order valence-electron chi connectivity index (χ1n) is 7.96. The molecule has 0 spiro atoms. The molecule has 1 N–H and O–H groups in total. The van der Waals surface area contributed by atoms with Gasteiger partial charge in [0.05, 0.1) is 28.5 Å². The van der Waals surface area contributed by atoms with Gasteiger partial charge in [0.15, 0.2) is 9.84 Å². The van der Waals surface area contributed by atoms with Gasteiger partial charge < -0.3 is 5.32 Å². The highest BCUT2D eigenvalue weighted by atomic mass is 32.2. The third-order valence-corrected chi connectivity index (χ3v) is 6.32. The first-order chi connectivity index (χ1) is 12.5. The zero-order valence-corrected chi connectivity index (χ0v) is 15.7. The molecule has 3 rings (SSSR count). The van der Waals surface area contributed by atoms with Crippen molar-refractivity contribution in [1.29, 1.82) is 0 Å². The van der Waals surface area contributed by atoms with Crippen LogP contribution in [-0.4, -0.2) is 30.0 Å². The fourth-order valence-corrected chi connectivity index (χ4v) is 3.96. The van der Waals surface area contributed by atoms with E-state index in [4.69, 9.17) is 0 Å². The van der Waals surface area contributed by atoms with Crippen molar-refractivity contribution in [1.82, 2.24) is 9.97 Å². The van der Waals surface area contributed by atoms with Crippen molar-refractivity contribution in [2.75, 3.05) is 11.1 Å². The number of aromatic nitrogens is 2. The van der Waals surface area contributed by atoms with Crippen molar-refractivity contribution in [3.8, 4) is 10.7 Å². The summed E-state index contributed by atoms with van der Waals surface area (Å²) in [6.45, 7) is 1.60. The molecule has 0 bridgehead atoms. The van der Waals surface area contributed by atoms with Crippen LogP contribution in [0.1, 0.15) is 12.6 Å². The van der Waals surface area contributed by atoms with Crippen LogP contribution in [0.2, 0.25) is 0 Å². The summed E-state index contributed by atoms with van der Waals surface area (Å²) in [5.74, 6) is -0.171. The van der Waals surface area contributed by atoms with E-state index >= 15 is 0 Å². The van der Waals surface area contributed by atoms with E-state index in [1.165, 1.54) is 23.5 Å². The number of nitrogens with one attached hydrogen (secondary N) is 1. The van der Waals surface area contributed by atoms with Gasteiger partial charge in [0.2, 0.25) is 5.91 Å². The summed E-state index contributed by atoms with van der Waals surface area (Å²) < 4.78 is 23.6. The van der Waals surface area contributed by atoms with Crippen LogP contribution in [0.3, 0.4) is 0 Å². The second-order valence-corrected chi connectivity index (χ2v) is 8.65. The Morgan fingerprint density at radius 1 is 1.15 bits per heavy atom. The molecule has 6 nitrogen and oxygen atoms in total. The van der Waals surface area contributed by atoms with Crippen molar-refractivity contribution < 1.29 is 13.2 Å². The maximum atomic E-state index is 12.2. The molecule has 0 atom stereocenters. The highest BCUT2D eigenvalue weighted by molar-refractivity contribution is 7.91. The molecular weight excluding hydrogens is 370 g/mol. The van der Waals surface area contributed by atoms with Crippen LogP contribution < -0.4 is 5.32 Å². The predicted molar refractivity (Wildman–Crippen MR) is 102 cm³/mol. The standard InChI is InChI=1S/C18H17N3O3S2/c1-2-26(23,24)15-8-6-13(7-9-15)20-17(22)11-14-12-25-18(21-14)16-5-3-4-10-19-16/h3-10,12H,2,11H2,1H3,(H,20,22). The van der Waals surface area contributed by atoms with Gasteiger partial charge in [-0.05, 0) is 36.4 Å². The third-order valence-electron chi connectivity index (χ3n) is 3.65. The number of anilines is 1. The van der Waals surface area contributed by atoms with Crippen LogP contribution in [0, 0.1) is 0 Å². The summed E-state index contributed by atoms with van der Waals surface area (Å²) in [6, 6.07) is 11.8. The van der Waals surface area contributed by atoms with Crippen molar-refractivity contribution >= 4 is 32.8 Å². The normalized spacial score (nSPS) is 11.3. The summed E-state index contributed by atoms with van der Waals surface area (Å²) in [6.07, 6.45) is 1.84. The second-order valence-electron chi connectivity index (χ2n) is 5.51. The first kappa shape index (κ1) is 18.2. The van der Waals surface area contributed by atoms with Gasteiger partial charge in [0.25, 0.3) is 0 Å². The van der Waals surface area contributed by atoms with E-state index < -0.39 is 9.84 Å². The van der Waals surface area contributed by atoms with Crippen LogP contribution in [0.4, 0.5) is 5.69 Å². The van der Waals surface area contributed by atoms with Gasteiger partial charge in [0, 0.05) is 17.3 Å². The summed E-state index contributed by atoms with van der Waals surface area (Å²) in [5.41, 5.74) is 1.99. The van der Waals surface area contributed by atoms with E-state index in [-0.39, 0.29) is 23.0 Å². The fourth-order valence-electron chi connectivity index (χ4n) is 2.28. The molecule has 0 aliphatic carbocycles. The topological polar surface area (TPSA) is 89.0 Å². The Morgan fingerprint density at radius 2 is 1.92 bits per heavy atom. The number of hydrogen-bond donors (Lipinski definition) is 1. The molecule has 0 aliphatic heterocycles. The smallest absolute Gasteiger partial charge is 0.230 e. The van der Waals surface area contributed by atoms with Crippen molar-refractivity contribution in [3.05, 3.63) is 59.7 Å². The number of nitrogens with zero attached hydrogens (tertiary/aromatic N) is 2. The molecule has 1 amide bonds. The molecule has 0 unspecified atom stereocenters. The molecule has 2 aromatic heterocycles. The number of benzene rings is 1. The maximum Gasteiger partial charge on any atom is 0.230 e. The number of pyridine rings is 1. The summed E-state index contributed by atoms with van der Waals surface area (Å²) >= 11 is 1.44. The zero-order valence-electron chi connectivity index (χ0n) is 14.0. The second kappa shape index (κ2) is 7.76. The van der Waals surface area contributed by atoms with E-state index in [1.54, 1.807) is 25.3 Å². The van der Waals surface area contributed by atoms with Crippen LogP contribution in [0.15, 0.2) is 58.9 Å². The van der Waals surface area contributed by atoms with Crippen molar-refractivity contribution in [2.24, 2.45) is 0 Å². The minimum atomic E-state index is -3.24. The van der Waals surface area contributed by atoms with Gasteiger partial charge in [-0.25, -0.2) is 13.4 Å². The van der Waals surface area contributed by atoms with E-state index in [0.717, 1.165) is 10.7 Å². The molecule has 0 saturated carbocycles. The van der Waals surface area contributed by atoms with Gasteiger partial charge in [0.1, 0.15) is 5.01 Å². The zero-order chi connectivity index (χ0) is 18.6. The number of carbonyl (C=O) groups is 1. The lowest BCUT2D eigenvalue weighted by Gasteiger charge is -2.06. The van der Waals surface area contributed by atoms with Crippen LogP contribution >= 0.6 is 11.3 Å². The van der Waals surface area contributed by atoms with Crippen molar-refractivity contribution in [3.63, 3.8) is 0 Å². The fraction of sp³-hybridized carbons (Fsp3) is 0.167. The van der Waals surface area contributed by atoms with Crippen LogP contribution in [0.5, 0.6) is 0 Å². The van der Waals surface area contributed by atoms with Gasteiger partial charge in [-0.15, -0.1) is 11.3 Å². The molecule has 0 radical (unpaired) electrons. The number of carbonyl (C=O) groups excluding carboxylic acids is 1. The quantitative estimate of drug-likeness (QED) is 0.702. The molecule has 0 aliphatic rings. The Bertz CT molecular complexity index is 998. The summed E-state index contributed by atoms with van der Waals surface area (Å²) in [4.78, 5) is 21.1.